The van der Waals surface area contributed by atoms with E-state index in [2.05, 4.69) is 20.1 Å². The van der Waals surface area contributed by atoms with Gasteiger partial charge in [0.05, 0.1) is 29.9 Å². The maximum absolute atomic E-state index is 13.6. The third-order valence-corrected chi connectivity index (χ3v) is 6.91. The van der Waals surface area contributed by atoms with Crippen molar-refractivity contribution in [2.24, 2.45) is 11.7 Å². The van der Waals surface area contributed by atoms with Crippen molar-refractivity contribution in [1.82, 2.24) is 29.6 Å². The molecule has 1 aliphatic rings. The minimum absolute atomic E-state index is 0.0297. The van der Waals surface area contributed by atoms with Gasteiger partial charge in [-0.05, 0) is 55.8 Å². The second kappa shape index (κ2) is 11.3. The summed E-state index contributed by atoms with van der Waals surface area (Å²) in [5.41, 5.74) is 7.75. The minimum atomic E-state index is -2.68. The Bertz CT molecular complexity index is 1520. The Hall–Kier alpha value is -4.32. The third kappa shape index (κ3) is 6.37. The maximum Gasteiger partial charge on any atom is 0.257 e. The number of rotatable bonds is 8. The molecule has 9 nitrogen and oxygen atoms in total. The van der Waals surface area contributed by atoms with Crippen molar-refractivity contribution in [3.63, 3.8) is 0 Å². The Balaban J connectivity index is 1.39. The molecule has 214 valence electrons. The lowest BCUT2D eigenvalue weighted by Gasteiger charge is -2.23. The molecule has 0 bridgehead atoms. The standard InChI is InChI=1S/C29H30F3N7O2/c1-17-14-38(27(40)21-15-39(28-34-9-4-10-35-28)37-23(21)13-25(31)32)16-24(17)41-26-12-19(29(2,3)33)11-22(36-26)18-5-7-20(30)8-6-18/h4-12,15,17,24-25H,13-14,16,33H2,1-3H3/t17-,24+/m0/s1. The molecule has 2 N–H and O–H groups in total. The number of carbonyl (C=O) groups is 1. The summed E-state index contributed by atoms with van der Waals surface area (Å²) in [6.07, 6.45) is 0.599. The van der Waals surface area contributed by atoms with Crippen molar-refractivity contribution in [3.05, 3.63) is 83.7 Å². The maximum atomic E-state index is 13.6. The van der Waals surface area contributed by atoms with Crippen molar-refractivity contribution in [2.45, 2.75) is 45.3 Å². The van der Waals surface area contributed by atoms with E-state index in [1.165, 1.54) is 35.4 Å². The van der Waals surface area contributed by atoms with Crippen LogP contribution < -0.4 is 10.5 Å². The highest BCUT2D eigenvalue weighted by molar-refractivity contribution is 5.95. The second-order valence-electron chi connectivity index (χ2n) is 10.7. The van der Waals surface area contributed by atoms with E-state index in [1.54, 1.807) is 29.2 Å². The molecule has 1 fully saturated rings. The van der Waals surface area contributed by atoms with E-state index in [4.69, 9.17) is 10.5 Å². The Morgan fingerprint density at radius 1 is 1.15 bits per heavy atom. The first-order valence-corrected chi connectivity index (χ1v) is 13.2. The molecule has 1 aliphatic heterocycles. The number of hydrogen-bond donors (Lipinski definition) is 1. The predicted molar refractivity (Wildman–Crippen MR) is 145 cm³/mol. The average Bonchev–Trinajstić information content (AvgIpc) is 3.51. The fraction of sp³-hybridized carbons (Fsp3) is 0.345. The number of aromatic nitrogens is 5. The molecule has 41 heavy (non-hydrogen) atoms. The summed E-state index contributed by atoms with van der Waals surface area (Å²) in [5, 5.41) is 4.18. The van der Waals surface area contributed by atoms with E-state index in [0.717, 1.165) is 5.56 Å². The molecule has 4 aromatic rings. The van der Waals surface area contributed by atoms with Gasteiger partial charge >= 0.3 is 0 Å². The molecular formula is C29H30F3N7O2. The van der Waals surface area contributed by atoms with Gasteiger partial charge in [-0.15, -0.1) is 0 Å². The van der Waals surface area contributed by atoms with Crippen LogP contribution in [0.4, 0.5) is 13.2 Å². The summed E-state index contributed by atoms with van der Waals surface area (Å²) < 4.78 is 47.8. The highest BCUT2D eigenvalue weighted by Gasteiger charge is 2.36. The number of amides is 1. The van der Waals surface area contributed by atoms with Crippen LogP contribution in [0, 0.1) is 11.7 Å². The van der Waals surface area contributed by atoms with Crippen molar-refractivity contribution in [2.75, 3.05) is 13.1 Å². The van der Waals surface area contributed by atoms with Gasteiger partial charge < -0.3 is 15.4 Å². The van der Waals surface area contributed by atoms with Gasteiger partial charge in [-0.3, -0.25) is 4.79 Å². The molecule has 0 saturated carbocycles. The number of pyridine rings is 1. The van der Waals surface area contributed by atoms with Crippen LogP contribution in [0.5, 0.6) is 5.88 Å². The normalized spacial score (nSPS) is 17.3. The van der Waals surface area contributed by atoms with Crippen LogP contribution in [0.15, 0.2) is 61.1 Å². The first kappa shape index (κ1) is 28.2. The summed E-state index contributed by atoms with van der Waals surface area (Å²) in [4.78, 5) is 27.9. The monoisotopic (exact) mass is 565 g/mol. The number of nitrogens with two attached hydrogens (primary N) is 1. The van der Waals surface area contributed by atoms with Crippen LogP contribution >= 0.6 is 0 Å². The quantitative estimate of drug-likeness (QED) is 0.337. The number of carbonyl (C=O) groups excluding carboxylic acids is 1. The topological polar surface area (TPSA) is 112 Å². The van der Waals surface area contributed by atoms with Gasteiger partial charge in [-0.2, -0.15) is 5.10 Å². The van der Waals surface area contributed by atoms with Gasteiger partial charge in [0, 0.05) is 48.2 Å². The van der Waals surface area contributed by atoms with Crippen LogP contribution in [0.1, 0.15) is 42.4 Å². The zero-order valence-corrected chi connectivity index (χ0v) is 22.8. The molecular weight excluding hydrogens is 535 g/mol. The van der Waals surface area contributed by atoms with Crippen LogP contribution in [0.2, 0.25) is 0 Å². The minimum Gasteiger partial charge on any atom is -0.472 e. The van der Waals surface area contributed by atoms with E-state index < -0.39 is 30.4 Å². The van der Waals surface area contributed by atoms with Crippen molar-refractivity contribution < 1.29 is 22.7 Å². The first-order chi connectivity index (χ1) is 19.5. The van der Waals surface area contributed by atoms with Gasteiger partial charge in [0.2, 0.25) is 18.3 Å². The highest BCUT2D eigenvalue weighted by atomic mass is 19.3. The summed E-state index contributed by atoms with van der Waals surface area (Å²) in [6.45, 7) is 6.22. The van der Waals surface area contributed by atoms with E-state index in [0.29, 0.717) is 23.7 Å². The fourth-order valence-electron chi connectivity index (χ4n) is 4.68. The Morgan fingerprint density at radius 2 is 1.85 bits per heavy atom. The molecule has 0 radical (unpaired) electrons. The van der Waals surface area contributed by atoms with Crippen molar-refractivity contribution >= 4 is 5.91 Å². The van der Waals surface area contributed by atoms with E-state index in [9.17, 15) is 18.0 Å². The number of halogens is 3. The molecule has 0 aliphatic carbocycles. The van der Waals surface area contributed by atoms with Gasteiger partial charge in [0.1, 0.15) is 11.9 Å². The molecule has 1 aromatic carbocycles. The molecule has 12 heteroatoms. The number of likely N-dealkylation sites (tertiary alicyclic amines) is 1. The first-order valence-electron chi connectivity index (χ1n) is 13.2. The number of ether oxygens (including phenoxy) is 1. The second-order valence-corrected chi connectivity index (χ2v) is 10.7. The molecule has 2 atom stereocenters. The summed E-state index contributed by atoms with van der Waals surface area (Å²) >= 11 is 0. The Labute approximate surface area is 235 Å². The molecule has 1 amide bonds. The number of hydrogen-bond acceptors (Lipinski definition) is 7. The zero-order chi connectivity index (χ0) is 29.3. The van der Waals surface area contributed by atoms with Crippen LogP contribution in [0.25, 0.3) is 17.2 Å². The Kier molecular flexibility index (Phi) is 7.76. The summed E-state index contributed by atoms with van der Waals surface area (Å²) in [7, 11) is 0. The van der Waals surface area contributed by atoms with Crippen molar-refractivity contribution in [3.8, 4) is 23.1 Å². The zero-order valence-electron chi connectivity index (χ0n) is 22.8. The number of nitrogens with zero attached hydrogens (tertiary/aromatic N) is 6. The third-order valence-electron chi connectivity index (χ3n) is 6.91. The lowest BCUT2D eigenvalue weighted by Crippen LogP contribution is -2.32. The van der Waals surface area contributed by atoms with Crippen molar-refractivity contribution in [1.29, 1.82) is 0 Å². The molecule has 1 saturated heterocycles. The van der Waals surface area contributed by atoms with Gasteiger partial charge in [0.25, 0.3) is 5.91 Å². The predicted octanol–water partition coefficient (Wildman–Crippen LogP) is 4.40. The van der Waals surface area contributed by atoms with Gasteiger partial charge in [-0.1, -0.05) is 6.92 Å². The lowest BCUT2D eigenvalue weighted by molar-refractivity contribution is 0.0768. The van der Waals surface area contributed by atoms with E-state index in [-0.39, 0.29) is 35.5 Å². The molecule has 3 aromatic heterocycles. The Morgan fingerprint density at radius 3 is 2.51 bits per heavy atom. The molecule has 0 unspecified atom stereocenters. The number of benzene rings is 1. The highest BCUT2D eigenvalue weighted by Crippen LogP contribution is 2.30. The summed E-state index contributed by atoms with van der Waals surface area (Å²) in [6, 6.07) is 11.2. The fourth-order valence-corrected chi connectivity index (χ4v) is 4.68. The largest absolute Gasteiger partial charge is 0.472 e. The van der Waals surface area contributed by atoms with Gasteiger partial charge in [-0.25, -0.2) is 32.8 Å². The summed E-state index contributed by atoms with van der Waals surface area (Å²) in [5.74, 6) is -0.389. The molecule has 5 rings (SSSR count). The van der Waals surface area contributed by atoms with Crippen LogP contribution in [-0.2, 0) is 12.0 Å². The van der Waals surface area contributed by atoms with E-state index >= 15 is 0 Å². The SMILES string of the molecule is C[C@H]1CN(C(=O)c2cn(-c3ncccn3)nc2CC(F)F)C[C@H]1Oc1cc(C(C)(C)N)cc(-c2ccc(F)cc2)n1. The lowest BCUT2D eigenvalue weighted by atomic mass is 9.94. The average molecular weight is 566 g/mol. The molecule has 4 heterocycles. The number of alkyl halides is 2. The molecule has 0 spiro atoms. The smallest absolute Gasteiger partial charge is 0.257 e. The van der Waals surface area contributed by atoms with Crippen LogP contribution in [-0.4, -0.2) is 61.2 Å². The van der Waals surface area contributed by atoms with Crippen LogP contribution in [0.3, 0.4) is 0 Å². The van der Waals surface area contributed by atoms with E-state index in [1.807, 2.05) is 26.8 Å². The van der Waals surface area contributed by atoms with Gasteiger partial charge in [0.15, 0.2) is 0 Å².